The molecule has 1 aromatic carbocycles. The summed E-state index contributed by atoms with van der Waals surface area (Å²) >= 11 is 1.39. The van der Waals surface area contributed by atoms with Crippen molar-refractivity contribution < 1.29 is 9.59 Å². The quantitative estimate of drug-likeness (QED) is 0.535. The van der Waals surface area contributed by atoms with E-state index in [2.05, 4.69) is 10.3 Å². The first kappa shape index (κ1) is 17.4. The van der Waals surface area contributed by atoms with Gasteiger partial charge in [0.05, 0.1) is 4.88 Å². The number of pyridine rings is 1. The second-order valence-electron chi connectivity index (χ2n) is 6.75. The van der Waals surface area contributed by atoms with Crippen molar-refractivity contribution in [1.82, 2.24) is 14.9 Å². The lowest BCUT2D eigenvalue weighted by atomic mass is 10.1. The maximum atomic E-state index is 13.2. The van der Waals surface area contributed by atoms with Crippen LogP contribution in [0.25, 0.3) is 21.1 Å². The first-order valence-electron chi connectivity index (χ1n) is 8.79. The Morgan fingerprint density at radius 2 is 2.00 bits per heavy atom. The van der Waals surface area contributed by atoms with Gasteiger partial charge in [0.2, 0.25) is 11.7 Å². The van der Waals surface area contributed by atoms with Crippen LogP contribution in [0.5, 0.6) is 0 Å². The van der Waals surface area contributed by atoms with Crippen LogP contribution in [0, 0.1) is 0 Å². The van der Waals surface area contributed by atoms with Gasteiger partial charge in [-0.15, -0.1) is 11.3 Å². The minimum Gasteiger partial charge on any atom is -0.352 e. The number of para-hydroxylation sites is 1. The van der Waals surface area contributed by atoms with Crippen LogP contribution >= 0.6 is 11.3 Å². The standard InChI is InChI=1S/C21H19N3O2S/c1-13(2)23-19(25)12-24-11-16(15-7-3-4-8-17(15)24)20(26)18-10-14-6-5-9-22-21(14)27-18/h3-11,13H,12H2,1-2H3,(H,23,25). The van der Waals surface area contributed by atoms with E-state index in [-0.39, 0.29) is 24.3 Å². The normalized spacial score (nSPS) is 11.4. The number of hydrogen-bond donors (Lipinski definition) is 1. The van der Waals surface area contributed by atoms with E-state index in [1.807, 2.05) is 60.9 Å². The monoisotopic (exact) mass is 377 g/mol. The van der Waals surface area contributed by atoms with Crippen LogP contribution in [0.4, 0.5) is 0 Å². The van der Waals surface area contributed by atoms with Gasteiger partial charge in [-0.2, -0.15) is 0 Å². The zero-order valence-electron chi connectivity index (χ0n) is 15.1. The minimum atomic E-state index is -0.0733. The van der Waals surface area contributed by atoms with Gasteiger partial charge in [0.15, 0.2) is 0 Å². The van der Waals surface area contributed by atoms with Crippen LogP contribution in [0.2, 0.25) is 0 Å². The van der Waals surface area contributed by atoms with Gasteiger partial charge < -0.3 is 9.88 Å². The number of amides is 1. The van der Waals surface area contributed by atoms with Gasteiger partial charge >= 0.3 is 0 Å². The zero-order valence-corrected chi connectivity index (χ0v) is 15.9. The summed E-state index contributed by atoms with van der Waals surface area (Å²) in [5.74, 6) is -0.118. The highest BCUT2D eigenvalue weighted by atomic mass is 32.1. The number of nitrogens with zero attached hydrogens (tertiary/aromatic N) is 2. The van der Waals surface area contributed by atoms with Gasteiger partial charge in [0.1, 0.15) is 11.4 Å². The molecular formula is C21H19N3O2S. The van der Waals surface area contributed by atoms with Crippen molar-refractivity contribution in [3.8, 4) is 0 Å². The van der Waals surface area contributed by atoms with E-state index in [1.54, 1.807) is 12.4 Å². The molecule has 3 aromatic heterocycles. The molecule has 4 aromatic rings. The van der Waals surface area contributed by atoms with Crippen LogP contribution in [0.1, 0.15) is 29.1 Å². The Kier molecular flexibility index (Phi) is 4.49. The number of benzene rings is 1. The number of aromatic nitrogens is 2. The van der Waals surface area contributed by atoms with Crippen LogP contribution in [0.3, 0.4) is 0 Å². The molecule has 0 radical (unpaired) electrons. The van der Waals surface area contributed by atoms with Gasteiger partial charge in [-0.1, -0.05) is 24.3 Å². The maximum absolute atomic E-state index is 13.2. The van der Waals surface area contributed by atoms with E-state index < -0.39 is 0 Å². The van der Waals surface area contributed by atoms with Crippen molar-refractivity contribution in [1.29, 1.82) is 0 Å². The summed E-state index contributed by atoms with van der Waals surface area (Å²) in [7, 11) is 0. The van der Waals surface area contributed by atoms with Crippen LogP contribution in [0.15, 0.2) is 54.9 Å². The lowest BCUT2D eigenvalue weighted by molar-refractivity contribution is -0.122. The summed E-state index contributed by atoms with van der Waals surface area (Å²) in [6.07, 6.45) is 3.51. The Morgan fingerprint density at radius 1 is 1.19 bits per heavy atom. The molecule has 0 saturated carbocycles. The topological polar surface area (TPSA) is 64.0 Å². The Labute approximate surface area is 160 Å². The van der Waals surface area contributed by atoms with E-state index in [9.17, 15) is 9.59 Å². The highest BCUT2D eigenvalue weighted by Gasteiger charge is 2.19. The number of carbonyl (C=O) groups excluding carboxylic acids is 2. The van der Waals surface area contributed by atoms with Gasteiger partial charge in [-0.05, 0) is 32.0 Å². The number of rotatable bonds is 5. The van der Waals surface area contributed by atoms with Crippen LogP contribution in [-0.4, -0.2) is 27.3 Å². The minimum absolute atomic E-state index is 0.0442. The van der Waals surface area contributed by atoms with Crippen LogP contribution < -0.4 is 5.32 Å². The highest BCUT2D eigenvalue weighted by molar-refractivity contribution is 7.20. The van der Waals surface area contributed by atoms with Crippen molar-refractivity contribution in [3.05, 3.63) is 65.3 Å². The molecule has 0 saturated heterocycles. The molecule has 0 unspecified atom stereocenters. The third-order valence-electron chi connectivity index (χ3n) is 4.31. The largest absolute Gasteiger partial charge is 0.352 e. The Bertz CT molecular complexity index is 1120. The van der Waals surface area contributed by atoms with E-state index >= 15 is 0 Å². The molecule has 5 nitrogen and oxygen atoms in total. The third kappa shape index (κ3) is 3.36. The number of ketones is 1. The highest BCUT2D eigenvalue weighted by Crippen LogP contribution is 2.29. The molecule has 0 aliphatic heterocycles. The van der Waals surface area contributed by atoms with Crippen LogP contribution in [-0.2, 0) is 11.3 Å². The summed E-state index contributed by atoms with van der Waals surface area (Å²) in [6.45, 7) is 4.03. The van der Waals surface area contributed by atoms with E-state index in [0.717, 1.165) is 21.1 Å². The summed E-state index contributed by atoms with van der Waals surface area (Å²) in [5.41, 5.74) is 1.48. The predicted octanol–water partition coefficient (Wildman–Crippen LogP) is 4.01. The SMILES string of the molecule is CC(C)NC(=O)Cn1cc(C(=O)c2cc3cccnc3s2)c2ccccc21. The number of thiophene rings is 1. The molecule has 0 atom stereocenters. The summed E-state index contributed by atoms with van der Waals surface area (Å²) in [6, 6.07) is 13.4. The summed E-state index contributed by atoms with van der Waals surface area (Å²) < 4.78 is 1.84. The third-order valence-corrected chi connectivity index (χ3v) is 5.37. The second-order valence-corrected chi connectivity index (χ2v) is 7.78. The van der Waals surface area contributed by atoms with Crippen molar-refractivity contribution in [2.75, 3.05) is 0 Å². The van der Waals surface area contributed by atoms with Gasteiger partial charge in [0.25, 0.3) is 0 Å². The van der Waals surface area contributed by atoms with Gasteiger partial charge in [-0.3, -0.25) is 9.59 Å². The molecule has 0 aliphatic carbocycles. The van der Waals surface area contributed by atoms with Crippen molar-refractivity contribution in [2.24, 2.45) is 0 Å². The number of nitrogens with one attached hydrogen (secondary N) is 1. The summed E-state index contributed by atoms with van der Waals surface area (Å²) in [4.78, 5) is 31.2. The lowest BCUT2D eigenvalue weighted by Crippen LogP contribution is -2.32. The molecule has 4 rings (SSSR count). The first-order chi connectivity index (χ1) is 13.0. The van der Waals surface area contributed by atoms with Gasteiger partial charge in [0, 0.05) is 40.3 Å². The second kappa shape index (κ2) is 6.96. The van der Waals surface area contributed by atoms with E-state index in [4.69, 9.17) is 0 Å². The molecule has 6 heteroatoms. The van der Waals surface area contributed by atoms with Crippen molar-refractivity contribution in [3.63, 3.8) is 0 Å². The average Bonchev–Trinajstić information content (AvgIpc) is 3.22. The Morgan fingerprint density at radius 3 is 2.78 bits per heavy atom. The first-order valence-corrected chi connectivity index (χ1v) is 9.61. The molecule has 27 heavy (non-hydrogen) atoms. The van der Waals surface area contributed by atoms with E-state index in [0.29, 0.717) is 10.4 Å². The molecule has 0 fully saturated rings. The molecular weight excluding hydrogens is 358 g/mol. The number of carbonyl (C=O) groups is 2. The predicted molar refractivity (Wildman–Crippen MR) is 108 cm³/mol. The number of hydrogen-bond acceptors (Lipinski definition) is 4. The molecule has 136 valence electrons. The summed E-state index contributed by atoms with van der Waals surface area (Å²) in [5, 5.41) is 4.71. The number of fused-ring (bicyclic) bond motifs is 2. The molecule has 0 bridgehead atoms. The maximum Gasteiger partial charge on any atom is 0.240 e. The van der Waals surface area contributed by atoms with E-state index in [1.165, 1.54) is 11.3 Å². The van der Waals surface area contributed by atoms with Crippen molar-refractivity contribution in [2.45, 2.75) is 26.4 Å². The smallest absolute Gasteiger partial charge is 0.240 e. The Hall–Kier alpha value is -2.99. The molecule has 1 amide bonds. The fourth-order valence-corrected chi connectivity index (χ4v) is 4.15. The molecule has 0 spiro atoms. The fraction of sp³-hybridized carbons (Fsp3) is 0.190. The Balaban J connectivity index is 1.75. The van der Waals surface area contributed by atoms with Crippen molar-refractivity contribution >= 4 is 44.1 Å². The van der Waals surface area contributed by atoms with Gasteiger partial charge in [-0.25, -0.2) is 4.98 Å². The average molecular weight is 377 g/mol. The molecule has 0 aliphatic rings. The zero-order chi connectivity index (χ0) is 19.0. The lowest BCUT2D eigenvalue weighted by Gasteiger charge is -2.09. The fourth-order valence-electron chi connectivity index (χ4n) is 3.20. The molecule has 3 heterocycles. The molecule has 1 N–H and O–H groups in total.